The first-order chi connectivity index (χ1) is 6.86. The van der Waals surface area contributed by atoms with Crippen LogP contribution in [0.4, 0.5) is 5.69 Å². The maximum absolute atomic E-state index is 5.83. The van der Waals surface area contributed by atoms with Gasteiger partial charge in [-0.1, -0.05) is 11.8 Å². The topological polar surface area (TPSA) is 50.9 Å². The normalized spacial score (nSPS) is 22.1. The number of aromatic nitrogens is 1. The van der Waals surface area contributed by atoms with Crippen molar-refractivity contribution in [1.29, 1.82) is 0 Å². The van der Waals surface area contributed by atoms with Crippen LogP contribution < -0.4 is 11.1 Å². The first-order valence-corrected chi connectivity index (χ1v) is 5.82. The van der Waals surface area contributed by atoms with E-state index in [1.54, 1.807) is 18.0 Å². The number of rotatable bonds is 2. The summed E-state index contributed by atoms with van der Waals surface area (Å²) in [5, 5.41) is 4.98. The van der Waals surface area contributed by atoms with Gasteiger partial charge in [-0.15, -0.1) is 0 Å². The van der Waals surface area contributed by atoms with Crippen molar-refractivity contribution in [3.8, 4) is 0 Å². The lowest BCUT2D eigenvalue weighted by Gasteiger charge is -2.21. The van der Waals surface area contributed by atoms with Crippen LogP contribution in [-0.4, -0.2) is 23.3 Å². The minimum absolute atomic E-state index is 0.626. The number of nitrogens with one attached hydrogen (secondary N) is 1. The highest BCUT2D eigenvalue weighted by atomic mass is 32.2. The van der Waals surface area contributed by atoms with Gasteiger partial charge in [0, 0.05) is 18.0 Å². The standard InChI is InChI=1S/C10H15N3S/c11-9-4-2-6-13-10(9)14-8-3-1-5-12-7-8/h2,4,6,8,12H,1,3,5,7,11H2. The summed E-state index contributed by atoms with van der Waals surface area (Å²) in [7, 11) is 0. The van der Waals surface area contributed by atoms with Crippen molar-refractivity contribution in [1.82, 2.24) is 10.3 Å². The zero-order chi connectivity index (χ0) is 9.80. The van der Waals surface area contributed by atoms with E-state index >= 15 is 0 Å². The van der Waals surface area contributed by atoms with E-state index < -0.39 is 0 Å². The monoisotopic (exact) mass is 209 g/mol. The third-order valence-corrected chi connectivity index (χ3v) is 3.63. The van der Waals surface area contributed by atoms with E-state index in [1.807, 2.05) is 12.1 Å². The summed E-state index contributed by atoms with van der Waals surface area (Å²) in [6.07, 6.45) is 4.31. The summed E-state index contributed by atoms with van der Waals surface area (Å²) in [5.41, 5.74) is 6.63. The van der Waals surface area contributed by atoms with Crippen molar-refractivity contribution < 1.29 is 0 Å². The molecule has 1 aliphatic heterocycles. The smallest absolute Gasteiger partial charge is 0.119 e. The predicted molar refractivity (Wildman–Crippen MR) is 60.4 cm³/mol. The fourth-order valence-electron chi connectivity index (χ4n) is 1.58. The van der Waals surface area contributed by atoms with Gasteiger partial charge in [-0.3, -0.25) is 0 Å². The molecule has 1 atom stereocenters. The Morgan fingerprint density at radius 3 is 3.21 bits per heavy atom. The predicted octanol–water partition coefficient (Wildman–Crippen LogP) is 1.51. The van der Waals surface area contributed by atoms with Gasteiger partial charge in [0.2, 0.25) is 0 Å². The average Bonchev–Trinajstić information content (AvgIpc) is 2.23. The molecule has 1 aliphatic rings. The SMILES string of the molecule is Nc1cccnc1SC1CCCNC1. The molecule has 1 saturated heterocycles. The van der Waals surface area contributed by atoms with Crippen LogP contribution in [0.2, 0.25) is 0 Å². The lowest BCUT2D eigenvalue weighted by molar-refractivity contribution is 0.531. The number of nitrogens with zero attached hydrogens (tertiary/aromatic N) is 1. The Morgan fingerprint density at radius 2 is 2.50 bits per heavy atom. The zero-order valence-corrected chi connectivity index (χ0v) is 8.89. The van der Waals surface area contributed by atoms with Crippen LogP contribution in [0.1, 0.15) is 12.8 Å². The lowest BCUT2D eigenvalue weighted by Crippen LogP contribution is -2.31. The summed E-state index contributed by atoms with van der Waals surface area (Å²) >= 11 is 1.79. The minimum atomic E-state index is 0.626. The third kappa shape index (κ3) is 2.39. The van der Waals surface area contributed by atoms with Crippen molar-refractivity contribution in [2.45, 2.75) is 23.1 Å². The van der Waals surface area contributed by atoms with Crippen LogP contribution in [0, 0.1) is 0 Å². The molecule has 0 bridgehead atoms. The third-order valence-electron chi connectivity index (χ3n) is 2.33. The molecule has 0 aromatic carbocycles. The van der Waals surface area contributed by atoms with Gasteiger partial charge in [0.1, 0.15) is 5.03 Å². The first-order valence-electron chi connectivity index (χ1n) is 4.94. The van der Waals surface area contributed by atoms with E-state index in [1.165, 1.54) is 12.8 Å². The van der Waals surface area contributed by atoms with Crippen molar-refractivity contribution in [3.63, 3.8) is 0 Å². The Hall–Kier alpha value is -0.740. The van der Waals surface area contributed by atoms with Gasteiger partial charge < -0.3 is 11.1 Å². The Morgan fingerprint density at radius 1 is 1.57 bits per heavy atom. The molecule has 3 nitrogen and oxygen atoms in total. The molecule has 0 aliphatic carbocycles. The van der Waals surface area contributed by atoms with E-state index in [-0.39, 0.29) is 0 Å². The highest BCUT2D eigenvalue weighted by Gasteiger charge is 2.15. The van der Waals surface area contributed by atoms with Crippen molar-refractivity contribution in [2.24, 2.45) is 0 Å². The molecule has 4 heteroatoms. The molecule has 0 amide bonds. The summed E-state index contributed by atoms with van der Waals surface area (Å²) in [6, 6.07) is 3.78. The summed E-state index contributed by atoms with van der Waals surface area (Å²) in [4.78, 5) is 4.28. The number of anilines is 1. The van der Waals surface area contributed by atoms with Crippen LogP contribution in [0.15, 0.2) is 23.4 Å². The summed E-state index contributed by atoms with van der Waals surface area (Å²) in [6.45, 7) is 2.22. The number of thioether (sulfide) groups is 1. The van der Waals surface area contributed by atoms with Crippen molar-refractivity contribution in [2.75, 3.05) is 18.8 Å². The average molecular weight is 209 g/mol. The van der Waals surface area contributed by atoms with Gasteiger partial charge in [0.05, 0.1) is 5.69 Å². The van der Waals surface area contributed by atoms with E-state index in [2.05, 4.69) is 10.3 Å². The molecule has 1 unspecified atom stereocenters. The fraction of sp³-hybridized carbons (Fsp3) is 0.500. The highest BCUT2D eigenvalue weighted by Crippen LogP contribution is 2.29. The van der Waals surface area contributed by atoms with Crippen molar-refractivity contribution in [3.05, 3.63) is 18.3 Å². The molecule has 3 N–H and O–H groups in total. The zero-order valence-electron chi connectivity index (χ0n) is 8.07. The van der Waals surface area contributed by atoms with Crippen LogP contribution >= 0.6 is 11.8 Å². The second-order valence-corrected chi connectivity index (χ2v) is 4.77. The molecule has 2 heterocycles. The highest BCUT2D eigenvalue weighted by molar-refractivity contribution is 8.00. The van der Waals surface area contributed by atoms with Gasteiger partial charge in [-0.2, -0.15) is 0 Å². The summed E-state index contributed by atoms with van der Waals surface area (Å²) in [5.74, 6) is 0. The molecular weight excluding hydrogens is 194 g/mol. The minimum Gasteiger partial charge on any atom is -0.397 e. The second-order valence-electron chi connectivity index (χ2n) is 3.48. The number of hydrogen-bond donors (Lipinski definition) is 2. The van der Waals surface area contributed by atoms with Gasteiger partial charge in [0.15, 0.2) is 0 Å². The molecule has 0 saturated carbocycles. The van der Waals surface area contributed by atoms with Crippen LogP contribution in [0.5, 0.6) is 0 Å². The van der Waals surface area contributed by atoms with E-state index in [9.17, 15) is 0 Å². The first kappa shape index (κ1) is 9.80. The maximum Gasteiger partial charge on any atom is 0.119 e. The van der Waals surface area contributed by atoms with Gasteiger partial charge in [-0.25, -0.2) is 4.98 Å². The summed E-state index contributed by atoms with van der Waals surface area (Å²) < 4.78 is 0. The van der Waals surface area contributed by atoms with Gasteiger partial charge in [-0.05, 0) is 31.5 Å². The number of pyridine rings is 1. The van der Waals surface area contributed by atoms with Crippen molar-refractivity contribution >= 4 is 17.4 Å². The van der Waals surface area contributed by atoms with Crippen LogP contribution in [0.3, 0.4) is 0 Å². The van der Waals surface area contributed by atoms with E-state index in [4.69, 9.17) is 5.73 Å². The molecule has 76 valence electrons. The Kier molecular flexibility index (Phi) is 3.26. The number of nitrogens with two attached hydrogens (primary N) is 1. The van der Waals surface area contributed by atoms with E-state index in [0.717, 1.165) is 23.8 Å². The lowest BCUT2D eigenvalue weighted by atomic mass is 10.2. The quantitative estimate of drug-likeness (QED) is 0.775. The molecule has 1 fully saturated rings. The Labute approximate surface area is 88.5 Å². The molecule has 1 aromatic rings. The van der Waals surface area contributed by atoms with E-state index in [0.29, 0.717) is 5.25 Å². The largest absolute Gasteiger partial charge is 0.397 e. The number of nitrogen functional groups attached to an aromatic ring is 1. The Bertz CT molecular complexity index is 297. The van der Waals surface area contributed by atoms with Gasteiger partial charge >= 0.3 is 0 Å². The fourth-order valence-corrected chi connectivity index (χ4v) is 2.71. The van der Waals surface area contributed by atoms with Crippen LogP contribution in [-0.2, 0) is 0 Å². The Balaban J connectivity index is 1.99. The maximum atomic E-state index is 5.83. The van der Waals surface area contributed by atoms with Gasteiger partial charge in [0.25, 0.3) is 0 Å². The molecule has 1 aromatic heterocycles. The second kappa shape index (κ2) is 4.66. The van der Waals surface area contributed by atoms with Crippen LogP contribution in [0.25, 0.3) is 0 Å². The number of piperidine rings is 1. The molecule has 2 rings (SSSR count). The molecular formula is C10H15N3S. The molecule has 14 heavy (non-hydrogen) atoms. The molecule has 0 radical (unpaired) electrons. The number of hydrogen-bond acceptors (Lipinski definition) is 4. The molecule has 0 spiro atoms.